The summed E-state index contributed by atoms with van der Waals surface area (Å²) in [6.07, 6.45) is 7.00. The van der Waals surface area contributed by atoms with Gasteiger partial charge in [-0.15, -0.1) is 0 Å². The predicted octanol–water partition coefficient (Wildman–Crippen LogP) is 2.14. The van der Waals surface area contributed by atoms with Crippen molar-refractivity contribution in [2.75, 3.05) is 13.2 Å². The van der Waals surface area contributed by atoms with E-state index in [4.69, 9.17) is 4.74 Å². The van der Waals surface area contributed by atoms with Gasteiger partial charge in [0.05, 0.1) is 26.4 Å². The van der Waals surface area contributed by atoms with Crippen LogP contribution in [-0.4, -0.2) is 19.3 Å². The first kappa shape index (κ1) is 9.01. The molecule has 65 valence electrons. The molecule has 0 aromatic rings. The minimum Gasteiger partial charge on any atom is -0.377 e. The van der Waals surface area contributed by atoms with E-state index in [-0.39, 0.29) is 0 Å². The lowest BCUT2D eigenvalue weighted by atomic mass is 9.98. The average molecular weight is 157 g/mol. The Balaban J connectivity index is 1.96. The zero-order chi connectivity index (χ0) is 7.94. The molecule has 2 heteroatoms. The molecule has 0 aromatic heterocycles. The normalized spacial score (nSPS) is 20.5. The van der Waals surface area contributed by atoms with Crippen LogP contribution in [0.5, 0.6) is 0 Å². The summed E-state index contributed by atoms with van der Waals surface area (Å²) in [6, 6.07) is 0. The summed E-state index contributed by atoms with van der Waals surface area (Å²) in [7, 11) is 3.29. The van der Waals surface area contributed by atoms with Crippen LogP contribution in [-0.2, 0) is 9.47 Å². The molecule has 0 N–H and O–H groups in total. The molecule has 0 aliphatic heterocycles. The van der Waals surface area contributed by atoms with Gasteiger partial charge in [-0.1, -0.05) is 19.3 Å². The maximum absolute atomic E-state index is 5.56. The van der Waals surface area contributed by atoms with Crippen molar-refractivity contribution in [3.63, 3.8) is 0 Å². The maximum Gasteiger partial charge on any atom is 0.0704 e. The third-order valence-electron chi connectivity index (χ3n) is 2.13. The van der Waals surface area contributed by atoms with Crippen LogP contribution in [0.2, 0.25) is 0 Å². The molecule has 0 atom stereocenters. The molecule has 1 radical (unpaired) electrons. The maximum atomic E-state index is 5.56. The molecule has 1 fully saturated rings. The second kappa shape index (κ2) is 5.56. The summed E-state index contributed by atoms with van der Waals surface area (Å²) in [6.45, 7) is 1.32. The van der Waals surface area contributed by atoms with Gasteiger partial charge >= 0.3 is 0 Å². The van der Waals surface area contributed by atoms with Crippen molar-refractivity contribution in [1.82, 2.24) is 0 Å². The van der Waals surface area contributed by atoms with Crippen molar-refractivity contribution in [3.05, 3.63) is 7.11 Å². The Bertz CT molecular complexity index is 87.6. The second-order valence-corrected chi connectivity index (χ2v) is 3.04. The van der Waals surface area contributed by atoms with E-state index < -0.39 is 0 Å². The van der Waals surface area contributed by atoms with Crippen LogP contribution >= 0.6 is 0 Å². The lowest BCUT2D eigenvalue weighted by Crippen LogP contribution is -2.18. The summed E-state index contributed by atoms with van der Waals surface area (Å²) >= 11 is 0. The van der Waals surface area contributed by atoms with Crippen LogP contribution in [0.1, 0.15) is 32.1 Å². The summed E-state index contributed by atoms with van der Waals surface area (Å²) < 4.78 is 10.2. The first-order valence-electron chi connectivity index (χ1n) is 4.42. The molecular weight excluding hydrogens is 140 g/mol. The molecule has 2 nitrogen and oxygen atoms in total. The monoisotopic (exact) mass is 157 g/mol. The molecule has 0 spiro atoms. The van der Waals surface area contributed by atoms with Crippen LogP contribution < -0.4 is 0 Å². The fourth-order valence-corrected chi connectivity index (χ4v) is 1.51. The Hall–Kier alpha value is -0.0800. The molecule has 0 amide bonds. The lowest BCUT2D eigenvalue weighted by molar-refractivity contribution is 0.00517. The van der Waals surface area contributed by atoms with Gasteiger partial charge in [0.1, 0.15) is 0 Å². The third-order valence-corrected chi connectivity index (χ3v) is 2.13. The summed E-state index contributed by atoms with van der Waals surface area (Å²) in [5.41, 5.74) is 0. The summed E-state index contributed by atoms with van der Waals surface area (Å²) in [4.78, 5) is 0. The van der Waals surface area contributed by atoms with E-state index in [0.717, 1.165) is 0 Å². The molecule has 0 heterocycles. The van der Waals surface area contributed by atoms with E-state index >= 15 is 0 Å². The lowest BCUT2D eigenvalue weighted by Gasteiger charge is -2.21. The molecular formula is C9H17O2. The van der Waals surface area contributed by atoms with Crippen LogP contribution in [0.25, 0.3) is 0 Å². The van der Waals surface area contributed by atoms with E-state index in [9.17, 15) is 0 Å². The van der Waals surface area contributed by atoms with E-state index in [2.05, 4.69) is 11.8 Å². The van der Waals surface area contributed by atoms with Gasteiger partial charge in [0.15, 0.2) is 0 Å². The van der Waals surface area contributed by atoms with E-state index in [1.807, 2.05) is 0 Å². The highest BCUT2D eigenvalue weighted by Crippen LogP contribution is 2.19. The van der Waals surface area contributed by atoms with Crippen molar-refractivity contribution in [3.8, 4) is 0 Å². The predicted molar refractivity (Wildman–Crippen MR) is 44.1 cm³/mol. The number of hydrogen-bond donors (Lipinski definition) is 0. The van der Waals surface area contributed by atoms with Gasteiger partial charge in [0.2, 0.25) is 0 Å². The Kier molecular flexibility index (Phi) is 4.55. The summed E-state index contributed by atoms with van der Waals surface area (Å²) in [5, 5.41) is 0. The van der Waals surface area contributed by atoms with Gasteiger partial charge < -0.3 is 9.47 Å². The highest BCUT2D eigenvalue weighted by atomic mass is 16.5. The van der Waals surface area contributed by atoms with Gasteiger partial charge in [0.25, 0.3) is 0 Å². The van der Waals surface area contributed by atoms with E-state index in [1.54, 1.807) is 0 Å². The van der Waals surface area contributed by atoms with Crippen molar-refractivity contribution >= 4 is 0 Å². The van der Waals surface area contributed by atoms with Gasteiger partial charge in [-0.25, -0.2) is 0 Å². The minimum absolute atomic E-state index is 0.499. The average Bonchev–Trinajstić information content (AvgIpc) is 2.07. The second-order valence-electron chi connectivity index (χ2n) is 3.04. The number of rotatable bonds is 4. The summed E-state index contributed by atoms with van der Waals surface area (Å²) in [5.74, 6) is 0. The minimum atomic E-state index is 0.499. The first-order valence-corrected chi connectivity index (χ1v) is 4.42. The van der Waals surface area contributed by atoms with Crippen molar-refractivity contribution in [2.24, 2.45) is 0 Å². The molecule has 0 saturated heterocycles. The zero-order valence-electron chi connectivity index (χ0n) is 7.05. The van der Waals surface area contributed by atoms with E-state index in [1.165, 1.54) is 32.1 Å². The van der Waals surface area contributed by atoms with Crippen LogP contribution in [0.3, 0.4) is 0 Å². The molecule has 0 aromatic carbocycles. The third kappa shape index (κ3) is 3.73. The zero-order valence-corrected chi connectivity index (χ0v) is 7.05. The van der Waals surface area contributed by atoms with Crippen molar-refractivity contribution in [1.29, 1.82) is 0 Å². The smallest absolute Gasteiger partial charge is 0.0704 e. The Morgan fingerprint density at radius 2 is 1.82 bits per heavy atom. The molecule has 0 bridgehead atoms. The SMILES string of the molecule is [CH2]OCCOC1CCCCC1. The van der Waals surface area contributed by atoms with Gasteiger partial charge in [-0.05, 0) is 12.8 Å². The molecule has 1 saturated carbocycles. The van der Waals surface area contributed by atoms with Gasteiger partial charge in [0, 0.05) is 0 Å². The number of ether oxygens (including phenoxy) is 2. The Morgan fingerprint density at radius 3 is 2.45 bits per heavy atom. The largest absolute Gasteiger partial charge is 0.377 e. The first-order chi connectivity index (χ1) is 5.43. The Labute approximate surface area is 68.9 Å². The van der Waals surface area contributed by atoms with Gasteiger partial charge in [-0.2, -0.15) is 0 Å². The molecule has 1 aliphatic carbocycles. The van der Waals surface area contributed by atoms with E-state index in [0.29, 0.717) is 19.3 Å². The highest BCUT2D eigenvalue weighted by Gasteiger charge is 2.12. The topological polar surface area (TPSA) is 18.5 Å². The molecule has 0 unspecified atom stereocenters. The fourth-order valence-electron chi connectivity index (χ4n) is 1.51. The van der Waals surface area contributed by atoms with Gasteiger partial charge in [-0.3, -0.25) is 0 Å². The van der Waals surface area contributed by atoms with Crippen LogP contribution in [0.15, 0.2) is 0 Å². The molecule has 11 heavy (non-hydrogen) atoms. The fraction of sp³-hybridized carbons (Fsp3) is 0.889. The molecule has 1 rings (SSSR count). The van der Waals surface area contributed by atoms with Crippen molar-refractivity contribution in [2.45, 2.75) is 38.2 Å². The highest BCUT2D eigenvalue weighted by molar-refractivity contribution is 4.64. The standard InChI is InChI=1S/C9H17O2/c1-10-7-8-11-9-5-3-2-4-6-9/h9H,1-8H2. The molecule has 1 aliphatic rings. The quantitative estimate of drug-likeness (QED) is 0.582. The Morgan fingerprint density at radius 1 is 1.09 bits per heavy atom. The van der Waals surface area contributed by atoms with Crippen LogP contribution in [0.4, 0.5) is 0 Å². The number of hydrogen-bond acceptors (Lipinski definition) is 2. The van der Waals surface area contributed by atoms with Crippen LogP contribution in [0, 0.1) is 7.11 Å². The van der Waals surface area contributed by atoms with Crippen molar-refractivity contribution < 1.29 is 9.47 Å².